The van der Waals surface area contributed by atoms with E-state index in [1.54, 1.807) is 38.3 Å². The molecule has 8 nitrogen and oxygen atoms in total. The predicted octanol–water partition coefficient (Wildman–Crippen LogP) is 3.55. The number of amides is 2. The Morgan fingerprint density at radius 3 is 2.17 bits per heavy atom. The van der Waals surface area contributed by atoms with Crippen LogP contribution in [-0.4, -0.2) is 57.1 Å². The monoisotopic (exact) mass is 515 g/mol. The fraction of sp³-hybridized carbons (Fsp3) is 0.481. The van der Waals surface area contributed by atoms with Crippen molar-refractivity contribution in [3.63, 3.8) is 0 Å². The van der Waals surface area contributed by atoms with Crippen molar-refractivity contribution in [3.8, 4) is 5.75 Å². The van der Waals surface area contributed by atoms with Gasteiger partial charge in [0, 0.05) is 12.6 Å². The number of methoxy groups -OCH3 is 1. The van der Waals surface area contributed by atoms with E-state index in [-0.39, 0.29) is 18.5 Å². The van der Waals surface area contributed by atoms with E-state index in [4.69, 9.17) is 4.74 Å². The van der Waals surface area contributed by atoms with E-state index in [0.717, 1.165) is 52.9 Å². The number of nitrogens with one attached hydrogen (secondary N) is 1. The molecule has 9 heteroatoms. The summed E-state index contributed by atoms with van der Waals surface area (Å²) in [5, 5.41) is 3.06. The molecule has 0 bridgehead atoms. The lowest BCUT2D eigenvalue weighted by atomic mass is 10.1. The molecule has 0 saturated heterocycles. The van der Waals surface area contributed by atoms with Crippen LogP contribution in [0.5, 0.6) is 5.75 Å². The van der Waals surface area contributed by atoms with Crippen molar-refractivity contribution < 1.29 is 22.7 Å². The molecular weight excluding hydrogens is 478 g/mol. The highest BCUT2D eigenvalue weighted by atomic mass is 32.2. The molecule has 0 radical (unpaired) electrons. The number of ether oxygens (including phenoxy) is 1. The zero-order chi connectivity index (χ0) is 26.5. The molecule has 1 atom stereocenters. The number of nitrogens with zero attached hydrogens (tertiary/aromatic N) is 2. The van der Waals surface area contributed by atoms with Crippen molar-refractivity contribution in [1.29, 1.82) is 0 Å². The lowest BCUT2D eigenvalue weighted by Crippen LogP contribution is -2.52. The van der Waals surface area contributed by atoms with Crippen molar-refractivity contribution in [2.24, 2.45) is 0 Å². The minimum Gasteiger partial charge on any atom is -0.497 e. The van der Waals surface area contributed by atoms with Gasteiger partial charge in [0.1, 0.15) is 18.3 Å². The molecule has 0 spiro atoms. The Labute approximate surface area is 214 Å². The molecule has 1 saturated carbocycles. The number of sulfonamides is 1. The Kier molecular flexibility index (Phi) is 9.00. The first-order chi connectivity index (χ1) is 17.0. The number of aryl methyl sites for hydroxylation is 2. The number of anilines is 1. The minimum absolute atomic E-state index is 0.112. The Morgan fingerprint density at radius 2 is 1.64 bits per heavy atom. The van der Waals surface area contributed by atoms with Crippen LogP contribution < -0.4 is 14.4 Å². The number of carbonyl (C=O) groups excluding carboxylic acids is 2. The second-order valence-corrected chi connectivity index (χ2v) is 11.6. The standard InChI is InChI=1S/C27H37N3O5S/c1-19-14-20(2)16-24(15-19)30(36(5,33)34)18-26(31)29(17-22-10-12-25(35-4)13-11-22)21(3)27(32)28-23-8-6-7-9-23/h10-16,21,23H,6-9,17-18H2,1-5H3,(H,28,32)/t21-/m1/s1. The molecule has 36 heavy (non-hydrogen) atoms. The molecule has 1 fully saturated rings. The third-order valence-electron chi connectivity index (χ3n) is 6.55. The zero-order valence-corrected chi connectivity index (χ0v) is 22.6. The molecule has 2 amide bonds. The summed E-state index contributed by atoms with van der Waals surface area (Å²) >= 11 is 0. The van der Waals surface area contributed by atoms with E-state index in [2.05, 4.69) is 5.32 Å². The van der Waals surface area contributed by atoms with Crippen LogP contribution in [0.25, 0.3) is 0 Å². The quantitative estimate of drug-likeness (QED) is 0.522. The molecule has 1 aliphatic carbocycles. The maximum atomic E-state index is 13.7. The van der Waals surface area contributed by atoms with Gasteiger partial charge in [-0.05, 0) is 74.6 Å². The molecule has 0 unspecified atom stereocenters. The van der Waals surface area contributed by atoms with Gasteiger partial charge >= 0.3 is 0 Å². The fourth-order valence-corrected chi connectivity index (χ4v) is 5.44. The summed E-state index contributed by atoms with van der Waals surface area (Å²) in [7, 11) is -2.18. The molecule has 2 aromatic carbocycles. The number of benzene rings is 2. The molecule has 196 valence electrons. The van der Waals surface area contributed by atoms with E-state index in [9.17, 15) is 18.0 Å². The SMILES string of the molecule is COc1ccc(CN(C(=O)CN(c2cc(C)cc(C)c2)S(C)(=O)=O)[C@H](C)C(=O)NC2CCCC2)cc1. The molecular formula is C27H37N3O5S. The maximum absolute atomic E-state index is 13.7. The highest BCUT2D eigenvalue weighted by Crippen LogP contribution is 2.23. The third kappa shape index (κ3) is 7.22. The van der Waals surface area contributed by atoms with Gasteiger partial charge in [-0.1, -0.05) is 31.0 Å². The molecule has 2 aromatic rings. The number of hydrogen-bond donors (Lipinski definition) is 1. The predicted molar refractivity (Wildman–Crippen MR) is 142 cm³/mol. The summed E-state index contributed by atoms with van der Waals surface area (Å²) in [6.07, 6.45) is 5.10. The Morgan fingerprint density at radius 1 is 1.06 bits per heavy atom. The lowest BCUT2D eigenvalue weighted by molar-refractivity contribution is -0.139. The first kappa shape index (κ1) is 27.5. The topological polar surface area (TPSA) is 96.0 Å². The maximum Gasteiger partial charge on any atom is 0.244 e. The molecule has 3 rings (SSSR count). The van der Waals surface area contributed by atoms with Gasteiger partial charge in [-0.3, -0.25) is 13.9 Å². The second kappa shape index (κ2) is 11.8. The van der Waals surface area contributed by atoms with E-state index in [1.165, 1.54) is 4.90 Å². The van der Waals surface area contributed by atoms with Gasteiger partial charge in [0.25, 0.3) is 0 Å². The van der Waals surface area contributed by atoms with Crippen LogP contribution in [0.2, 0.25) is 0 Å². The minimum atomic E-state index is -3.76. The van der Waals surface area contributed by atoms with Crippen molar-refractivity contribution in [1.82, 2.24) is 10.2 Å². The van der Waals surface area contributed by atoms with E-state index in [1.807, 2.05) is 32.0 Å². The molecule has 1 N–H and O–H groups in total. The van der Waals surface area contributed by atoms with Crippen molar-refractivity contribution in [2.45, 2.75) is 65.1 Å². The van der Waals surface area contributed by atoms with Crippen LogP contribution in [0.15, 0.2) is 42.5 Å². The summed E-state index contributed by atoms with van der Waals surface area (Å²) in [6.45, 7) is 5.20. The van der Waals surface area contributed by atoms with Crippen LogP contribution in [-0.2, 0) is 26.2 Å². The molecule has 1 aliphatic rings. The van der Waals surface area contributed by atoms with Gasteiger partial charge in [-0.2, -0.15) is 0 Å². The average molecular weight is 516 g/mol. The highest BCUT2D eigenvalue weighted by Gasteiger charge is 2.31. The summed E-state index contributed by atoms with van der Waals surface area (Å²) in [5.41, 5.74) is 3.02. The van der Waals surface area contributed by atoms with E-state index < -0.39 is 28.5 Å². The van der Waals surface area contributed by atoms with Crippen LogP contribution in [0.4, 0.5) is 5.69 Å². The Balaban J connectivity index is 1.89. The Hall–Kier alpha value is -3.07. The average Bonchev–Trinajstić information content (AvgIpc) is 3.32. The smallest absolute Gasteiger partial charge is 0.244 e. The Bertz CT molecular complexity index is 1150. The second-order valence-electron chi connectivity index (χ2n) is 9.65. The first-order valence-electron chi connectivity index (χ1n) is 12.3. The van der Waals surface area contributed by atoms with Gasteiger partial charge in [-0.15, -0.1) is 0 Å². The van der Waals surface area contributed by atoms with Gasteiger partial charge in [0.15, 0.2) is 0 Å². The highest BCUT2D eigenvalue weighted by molar-refractivity contribution is 7.92. The summed E-state index contributed by atoms with van der Waals surface area (Å²) < 4.78 is 31.8. The zero-order valence-electron chi connectivity index (χ0n) is 21.8. The number of rotatable bonds is 10. The lowest BCUT2D eigenvalue weighted by Gasteiger charge is -2.32. The summed E-state index contributed by atoms with van der Waals surface area (Å²) in [4.78, 5) is 28.2. The van der Waals surface area contributed by atoms with Crippen molar-refractivity contribution in [3.05, 3.63) is 59.2 Å². The molecule has 0 aliphatic heterocycles. The largest absolute Gasteiger partial charge is 0.497 e. The van der Waals surface area contributed by atoms with Gasteiger partial charge < -0.3 is 15.0 Å². The van der Waals surface area contributed by atoms with Crippen molar-refractivity contribution in [2.75, 3.05) is 24.2 Å². The number of hydrogen-bond acceptors (Lipinski definition) is 5. The molecule has 0 aromatic heterocycles. The number of carbonyl (C=O) groups is 2. The van der Waals surface area contributed by atoms with Gasteiger partial charge in [0.05, 0.1) is 19.1 Å². The first-order valence-corrected chi connectivity index (χ1v) is 14.1. The van der Waals surface area contributed by atoms with E-state index in [0.29, 0.717) is 11.4 Å². The van der Waals surface area contributed by atoms with Crippen LogP contribution >= 0.6 is 0 Å². The third-order valence-corrected chi connectivity index (χ3v) is 7.70. The fourth-order valence-electron chi connectivity index (χ4n) is 4.61. The van der Waals surface area contributed by atoms with Crippen LogP contribution in [0, 0.1) is 13.8 Å². The summed E-state index contributed by atoms with van der Waals surface area (Å²) in [5.74, 6) is -0.00717. The van der Waals surface area contributed by atoms with Crippen LogP contribution in [0.1, 0.15) is 49.3 Å². The summed E-state index contributed by atoms with van der Waals surface area (Å²) in [6, 6.07) is 12.0. The van der Waals surface area contributed by atoms with Crippen LogP contribution in [0.3, 0.4) is 0 Å². The van der Waals surface area contributed by atoms with Gasteiger partial charge in [0.2, 0.25) is 21.8 Å². The normalized spacial score (nSPS) is 14.8. The van der Waals surface area contributed by atoms with E-state index >= 15 is 0 Å². The molecule has 0 heterocycles. The van der Waals surface area contributed by atoms with Crippen molar-refractivity contribution >= 4 is 27.5 Å². The van der Waals surface area contributed by atoms with Gasteiger partial charge in [-0.25, -0.2) is 8.42 Å².